The van der Waals surface area contributed by atoms with Gasteiger partial charge in [-0.25, -0.2) is 0 Å². The second-order valence-corrected chi connectivity index (χ2v) is 7.82. The molecule has 156 valence electrons. The third-order valence-electron chi connectivity index (χ3n) is 5.25. The molecule has 1 unspecified atom stereocenters. The molecule has 0 saturated heterocycles. The fraction of sp³-hybridized carbons (Fsp3) is 0.409. The van der Waals surface area contributed by atoms with E-state index in [9.17, 15) is 0 Å². The third-order valence-corrected chi connectivity index (χ3v) is 5.25. The fourth-order valence-electron chi connectivity index (χ4n) is 3.55. The number of hydrogen-bond acceptors (Lipinski definition) is 4. The van der Waals surface area contributed by atoms with Gasteiger partial charge in [0.15, 0.2) is 17.5 Å². The van der Waals surface area contributed by atoms with Crippen LogP contribution in [-0.2, 0) is 5.41 Å². The number of halogens is 1. The fourth-order valence-corrected chi connectivity index (χ4v) is 3.55. The summed E-state index contributed by atoms with van der Waals surface area (Å²) in [5.41, 5.74) is 8.29. The molecule has 2 aliphatic rings. The van der Waals surface area contributed by atoms with Crippen molar-refractivity contribution in [1.29, 1.82) is 0 Å². The highest BCUT2D eigenvalue weighted by molar-refractivity contribution is 14.0. The van der Waals surface area contributed by atoms with E-state index in [4.69, 9.17) is 19.9 Å². The summed E-state index contributed by atoms with van der Waals surface area (Å²) in [6.07, 6.45) is 0.860. The molecule has 29 heavy (non-hydrogen) atoms. The monoisotopic (exact) mass is 509 g/mol. The maximum absolute atomic E-state index is 6.21. The van der Waals surface area contributed by atoms with Crippen LogP contribution < -0.4 is 25.3 Å². The molecule has 2 aliphatic heterocycles. The molecule has 4 rings (SSSR count). The van der Waals surface area contributed by atoms with Crippen molar-refractivity contribution in [2.24, 2.45) is 10.7 Å². The Hall–Kier alpha value is -2.16. The maximum atomic E-state index is 6.21. The quantitative estimate of drug-likeness (QED) is 0.373. The molecule has 0 saturated carbocycles. The first kappa shape index (κ1) is 21.5. The van der Waals surface area contributed by atoms with Gasteiger partial charge in [-0.2, -0.15) is 0 Å². The van der Waals surface area contributed by atoms with Crippen LogP contribution in [0, 0.1) is 0 Å². The van der Waals surface area contributed by atoms with Crippen LogP contribution in [0.4, 0.5) is 0 Å². The van der Waals surface area contributed by atoms with Gasteiger partial charge in [-0.3, -0.25) is 4.99 Å². The summed E-state index contributed by atoms with van der Waals surface area (Å²) in [7, 11) is 0. The van der Waals surface area contributed by atoms with E-state index in [1.54, 1.807) is 0 Å². The zero-order valence-electron chi connectivity index (χ0n) is 16.8. The van der Waals surface area contributed by atoms with Gasteiger partial charge in [-0.05, 0) is 23.8 Å². The lowest BCUT2D eigenvalue weighted by Gasteiger charge is -2.28. The van der Waals surface area contributed by atoms with E-state index in [-0.39, 0.29) is 35.4 Å². The van der Waals surface area contributed by atoms with Gasteiger partial charge in [0, 0.05) is 17.4 Å². The number of rotatable bonds is 4. The topological polar surface area (TPSA) is 78.1 Å². The predicted octanol–water partition coefficient (Wildman–Crippen LogP) is 3.78. The van der Waals surface area contributed by atoms with Crippen molar-refractivity contribution in [2.75, 3.05) is 26.4 Å². The smallest absolute Gasteiger partial charge is 0.189 e. The van der Waals surface area contributed by atoms with Crippen LogP contribution in [0.2, 0.25) is 0 Å². The summed E-state index contributed by atoms with van der Waals surface area (Å²) in [6.45, 7) is 6.72. The predicted molar refractivity (Wildman–Crippen MR) is 125 cm³/mol. The average Bonchev–Trinajstić information content (AvgIpc) is 2.72. The van der Waals surface area contributed by atoms with Crippen LogP contribution in [-0.4, -0.2) is 32.3 Å². The number of hydrogen-bond donors (Lipinski definition) is 2. The van der Waals surface area contributed by atoms with Crippen LogP contribution in [0.25, 0.3) is 0 Å². The Balaban J connectivity index is 0.00000240. The van der Waals surface area contributed by atoms with Crippen molar-refractivity contribution in [2.45, 2.75) is 31.7 Å². The van der Waals surface area contributed by atoms with Gasteiger partial charge in [-0.15, -0.1) is 24.0 Å². The van der Waals surface area contributed by atoms with Gasteiger partial charge in [0.05, 0.1) is 19.2 Å². The van der Waals surface area contributed by atoms with Gasteiger partial charge in [0.2, 0.25) is 0 Å². The number of aliphatic imine (C=N–C) groups is 1. The van der Waals surface area contributed by atoms with Crippen molar-refractivity contribution in [1.82, 2.24) is 5.32 Å². The van der Waals surface area contributed by atoms with Crippen LogP contribution in [0.3, 0.4) is 0 Å². The molecule has 2 aromatic carbocycles. The Labute approximate surface area is 188 Å². The van der Waals surface area contributed by atoms with E-state index in [0.717, 1.165) is 34.8 Å². The highest BCUT2D eigenvalue weighted by Gasteiger charge is 2.25. The zero-order chi connectivity index (χ0) is 19.6. The van der Waals surface area contributed by atoms with E-state index in [2.05, 4.69) is 36.3 Å². The van der Waals surface area contributed by atoms with E-state index < -0.39 is 0 Å². The average molecular weight is 509 g/mol. The first-order chi connectivity index (χ1) is 13.5. The molecule has 7 heteroatoms. The van der Waals surface area contributed by atoms with Gasteiger partial charge < -0.3 is 25.3 Å². The first-order valence-electron chi connectivity index (χ1n) is 9.71. The van der Waals surface area contributed by atoms with Gasteiger partial charge in [0.1, 0.15) is 19.0 Å². The molecule has 0 amide bonds. The molecule has 0 fully saturated rings. The number of nitrogens with zero attached hydrogens (tertiary/aromatic N) is 1. The van der Waals surface area contributed by atoms with E-state index in [1.165, 1.54) is 0 Å². The molecule has 0 aliphatic carbocycles. The summed E-state index contributed by atoms with van der Waals surface area (Å²) >= 11 is 0. The Bertz CT molecular complexity index is 885. The Kier molecular flexibility index (Phi) is 6.77. The van der Waals surface area contributed by atoms with E-state index >= 15 is 0 Å². The number of fused-ring (bicyclic) bond motifs is 2. The highest BCUT2D eigenvalue weighted by Crippen LogP contribution is 2.35. The first-order valence-corrected chi connectivity index (χ1v) is 9.71. The Morgan fingerprint density at radius 1 is 1.03 bits per heavy atom. The number of guanidine groups is 1. The molecule has 3 N–H and O–H groups in total. The van der Waals surface area contributed by atoms with Gasteiger partial charge in [-0.1, -0.05) is 38.1 Å². The van der Waals surface area contributed by atoms with Crippen molar-refractivity contribution in [3.8, 4) is 17.2 Å². The van der Waals surface area contributed by atoms with E-state index in [0.29, 0.717) is 32.3 Å². The molecule has 0 spiro atoms. The summed E-state index contributed by atoms with van der Waals surface area (Å²) < 4.78 is 17.0. The minimum atomic E-state index is -0.185. The lowest BCUT2D eigenvalue weighted by atomic mass is 9.84. The largest absolute Gasteiger partial charge is 0.493 e. The lowest BCUT2D eigenvalue weighted by molar-refractivity contribution is 0.171. The minimum Gasteiger partial charge on any atom is -0.493 e. The summed E-state index contributed by atoms with van der Waals surface area (Å²) in [6, 6.07) is 14.3. The minimum absolute atomic E-state index is 0. The molecule has 6 nitrogen and oxygen atoms in total. The highest BCUT2D eigenvalue weighted by atomic mass is 127. The molecule has 2 aromatic rings. The van der Waals surface area contributed by atoms with Crippen LogP contribution >= 0.6 is 24.0 Å². The number of nitrogens with one attached hydrogen (secondary N) is 1. The second kappa shape index (κ2) is 9.11. The number of nitrogens with two attached hydrogens (primary N) is 1. The molecule has 0 radical (unpaired) electrons. The Morgan fingerprint density at radius 2 is 1.76 bits per heavy atom. The number of ether oxygens (including phenoxy) is 3. The molecule has 0 aromatic heterocycles. The standard InChI is InChI=1S/C22H27N3O3.HI/c1-22(2,15-7-8-19-20(13-15)28-12-11-27-19)14-24-21(23)25-17-9-10-26-18-6-4-3-5-16(17)18;/h3-8,13,17H,9-12,14H2,1-2H3,(H3,23,24,25);1H. The molecular formula is C22H28IN3O3. The number of benzene rings is 2. The lowest BCUT2D eigenvalue weighted by Crippen LogP contribution is -2.38. The van der Waals surface area contributed by atoms with Crippen molar-refractivity contribution in [3.63, 3.8) is 0 Å². The third kappa shape index (κ3) is 4.88. The second-order valence-electron chi connectivity index (χ2n) is 7.82. The maximum Gasteiger partial charge on any atom is 0.189 e. The van der Waals surface area contributed by atoms with Gasteiger partial charge >= 0.3 is 0 Å². The van der Waals surface area contributed by atoms with Crippen LogP contribution in [0.5, 0.6) is 17.2 Å². The normalized spacial score (nSPS) is 18.1. The van der Waals surface area contributed by atoms with Crippen molar-refractivity contribution in [3.05, 3.63) is 53.6 Å². The molecule has 2 heterocycles. The summed E-state index contributed by atoms with van der Waals surface area (Å²) in [4.78, 5) is 4.62. The summed E-state index contributed by atoms with van der Waals surface area (Å²) in [5, 5.41) is 3.35. The number of para-hydroxylation sites is 1. The van der Waals surface area contributed by atoms with Crippen LogP contribution in [0.15, 0.2) is 47.5 Å². The van der Waals surface area contributed by atoms with E-state index in [1.807, 2.05) is 30.3 Å². The zero-order valence-corrected chi connectivity index (χ0v) is 19.1. The molecule has 1 atom stereocenters. The molecular weight excluding hydrogens is 481 g/mol. The van der Waals surface area contributed by atoms with Crippen molar-refractivity contribution >= 4 is 29.9 Å². The van der Waals surface area contributed by atoms with Gasteiger partial charge in [0.25, 0.3) is 0 Å². The van der Waals surface area contributed by atoms with Crippen LogP contribution in [0.1, 0.15) is 37.4 Å². The summed E-state index contributed by atoms with van der Waals surface area (Å²) in [5.74, 6) is 2.96. The van der Waals surface area contributed by atoms with Crippen molar-refractivity contribution < 1.29 is 14.2 Å². The molecule has 0 bridgehead atoms. The SMILES string of the molecule is CC(C)(CN=C(N)NC1CCOc2ccccc21)c1ccc2c(c1)OCCO2.I. The Morgan fingerprint density at radius 3 is 2.59 bits per heavy atom.